The number of para-hydroxylation sites is 1. The third-order valence-corrected chi connectivity index (χ3v) is 3.51. The van der Waals surface area contributed by atoms with Crippen molar-refractivity contribution >= 4 is 27.5 Å². The number of hydrogen-bond acceptors (Lipinski definition) is 1. The number of rotatable bonds is 2. The molecule has 1 N–H and O–H groups in total. The maximum atomic E-state index is 13.1. The van der Waals surface area contributed by atoms with Crippen LogP contribution in [0.25, 0.3) is 0 Å². The first-order valence-corrected chi connectivity index (χ1v) is 6.61. The number of nitrogens with one attached hydrogen (secondary N) is 1. The largest absolute Gasteiger partial charge is 0.322 e. The molecule has 0 fully saturated rings. The lowest BCUT2D eigenvalue weighted by molar-refractivity contribution is 0.102. The summed E-state index contributed by atoms with van der Waals surface area (Å²) in [4.78, 5) is 12.1. The lowest BCUT2D eigenvalue weighted by atomic mass is 10.1. The first kappa shape index (κ1) is 13.7. The van der Waals surface area contributed by atoms with Gasteiger partial charge in [-0.2, -0.15) is 0 Å². The Balaban J connectivity index is 2.28. The molecular weight excluding hydrogens is 309 g/mol. The Morgan fingerprint density at radius 2 is 1.79 bits per heavy atom. The van der Waals surface area contributed by atoms with Crippen molar-refractivity contribution < 1.29 is 9.18 Å². The van der Waals surface area contributed by atoms with Crippen LogP contribution in [0.5, 0.6) is 0 Å². The van der Waals surface area contributed by atoms with E-state index in [-0.39, 0.29) is 16.2 Å². The van der Waals surface area contributed by atoms with Crippen LogP contribution in [0.2, 0.25) is 0 Å². The van der Waals surface area contributed by atoms with E-state index in [0.29, 0.717) is 5.56 Å². The molecule has 0 aromatic heterocycles. The Kier molecular flexibility index (Phi) is 4.00. The molecule has 2 aromatic rings. The van der Waals surface area contributed by atoms with E-state index < -0.39 is 0 Å². The second-order valence-electron chi connectivity index (χ2n) is 4.35. The van der Waals surface area contributed by atoms with Crippen LogP contribution in [-0.2, 0) is 0 Å². The number of carbonyl (C=O) groups is 1. The molecule has 2 nitrogen and oxygen atoms in total. The molecule has 0 bridgehead atoms. The monoisotopic (exact) mass is 321 g/mol. The summed E-state index contributed by atoms with van der Waals surface area (Å²) < 4.78 is 13.4. The normalized spacial score (nSPS) is 10.3. The predicted molar refractivity (Wildman–Crippen MR) is 78.0 cm³/mol. The number of benzene rings is 2. The molecule has 0 radical (unpaired) electrons. The van der Waals surface area contributed by atoms with Crippen LogP contribution in [-0.4, -0.2) is 5.91 Å². The average Bonchev–Trinajstić information content (AvgIpc) is 2.37. The third-order valence-electron chi connectivity index (χ3n) is 2.90. The molecule has 19 heavy (non-hydrogen) atoms. The summed E-state index contributed by atoms with van der Waals surface area (Å²) in [6, 6.07) is 10.0. The van der Waals surface area contributed by atoms with E-state index in [2.05, 4.69) is 21.2 Å². The van der Waals surface area contributed by atoms with Gasteiger partial charge in [0.1, 0.15) is 5.82 Å². The van der Waals surface area contributed by atoms with Crippen molar-refractivity contribution in [3.8, 4) is 0 Å². The average molecular weight is 322 g/mol. The van der Waals surface area contributed by atoms with E-state index in [9.17, 15) is 9.18 Å². The summed E-state index contributed by atoms with van der Waals surface area (Å²) in [5, 5.41) is 2.86. The maximum absolute atomic E-state index is 13.1. The van der Waals surface area contributed by atoms with Crippen LogP contribution in [0.15, 0.2) is 40.9 Å². The van der Waals surface area contributed by atoms with Crippen molar-refractivity contribution in [1.29, 1.82) is 0 Å². The van der Waals surface area contributed by atoms with E-state index in [4.69, 9.17) is 0 Å². The van der Waals surface area contributed by atoms with Crippen molar-refractivity contribution in [2.24, 2.45) is 0 Å². The lowest BCUT2D eigenvalue weighted by Crippen LogP contribution is -2.13. The van der Waals surface area contributed by atoms with Crippen molar-refractivity contribution in [2.75, 3.05) is 5.32 Å². The van der Waals surface area contributed by atoms with Gasteiger partial charge < -0.3 is 5.32 Å². The molecule has 98 valence electrons. The first-order valence-electron chi connectivity index (χ1n) is 5.81. The molecule has 1 amide bonds. The molecule has 2 aromatic carbocycles. The fourth-order valence-electron chi connectivity index (χ4n) is 1.83. The smallest absolute Gasteiger partial charge is 0.255 e. The zero-order chi connectivity index (χ0) is 14.0. The van der Waals surface area contributed by atoms with Gasteiger partial charge in [0.05, 0.1) is 4.47 Å². The summed E-state index contributed by atoms with van der Waals surface area (Å²) in [6.45, 7) is 3.87. The molecule has 0 saturated carbocycles. The summed E-state index contributed by atoms with van der Waals surface area (Å²) in [5.74, 6) is -0.637. The van der Waals surface area contributed by atoms with Crippen LogP contribution < -0.4 is 5.32 Å². The van der Waals surface area contributed by atoms with Gasteiger partial charge in [-0.05, 0) is 59.1 Å². The van der Waals surface area contributed by atoms with Gasteiger partial charge in [0.15, 0.2) is 0 Å². The van der Waals surface area contributed by atoms with Gasteiger partial charge in [-0.1, -0.05) is 18.2 Å². The highest BCUT2D eigenvalue weighted by Crippen LogP contribution is 2.22. The van der Waals surface area contributed by atoms with Gasteiger partial charge in [-0.3, -0.25) is 4.79 Å². The summed E-state index contributed by atoms with van der Waals surface area (Å²) >= 11 is 3.07. The lowest BCUT2D eigenvalue weighted by Gasteiger charge is -2.11. The number of aryl methyl sites for hydroxylation is 2. The number of anilines is 1. The third kappa shape index (κ3) is 3.01. The fourth-order valence-corrected chi connectivity index (χ4v) is 2.21. The van der Waals surface area contributed by atoms with Gasteiger partial charge in [0, 0.05) is 11.3 Å². The zero-order valence-electron chi connectivity index (χ0n) is 10.6. The van der Waals surface area contributed by atoms with E-state index in [1.54, 1.807) is 0 Å². The predicted octanol–water partition coefficient (Wildman–Crippen LogP) is 4.46. The number of halogens is 2. The van der Waals surface area contributed by atoms with Crippen molar-refractivity contribution in [3.05, 3.63) is 63.4 Å². The minimum absolute atomic E-state index is 0.252. The van der Waals surface area contributed by atoms with Gasteiger partial charge >= 0.3 is 0 Å². The van der Waals surface area contributed by atoms with Crippen LogP contribution in [0, 0.1) is 19.7 Å². The van der Waals surface area contributed by atoms with E-state index in [0.717, 1.165) is 16.8 Å². The molecule has 0 heterocycles. The van der Waals surface area contributed by atoms with Gasteiger partial charge in [-0.15, -0.1) is 0 Å². The molecule has 0 aliphatic rings. The SMILES string of the molecule is Cc1cccc(C)c1NC(=O)c1ccc(F)c(Br)c1. The van der Waals surface area contributed by atoms with Crippen molar-refractivity contribution in [1.82, 2.24) is 0 Å². The van der Waals surface area contributed by atoms with E-state index >= 15 is 0 Å². The van der Waals surface area contributed by atoms with Crippen LogP contribution in [0.4, 0.5) is 10.1 Å². The molecule has 0 atom stereocenters. The van der Waals surface area contributed by atoms with E-state index in [1.165, 1.54) is 18.2 Å². The Bertz CT molecular complexity index is 620. The Morgan fingerprint density at radius 3 is 2.37 bits per heavy atom. The second kappa shape index (κ2) is 5.53. The quantitative estimate of drug-likeness (QED) is 0.869. The maximum Gasteiger partial charge on any atom is 0.255 e. The minimum Gasteiger partial charge on any atom is -0.322 e. The minimum atomic E-state index is -0.386. The highest BCUT2D eigenvalue weighted by atomic mass is 79.9. The van der Waals surface area contributed by atoms with Gasteiger partial charge in [0.25, 0.3) is 5.91 Å². The second-order valence-corrected chi connectivity index (χ2v) is 5.20. The number of hydrogen-bond donors (Lipinski definition) is 1. The first-order chi connectivity index (χ1) is 8.99. The van der Waals surface area contributed by atoms with Gasteiger partial charge in [0.2, 0.25) is 0 Å². The summed E-state index contributed by atoms with van der Waals surface area (Å²) in [6.07, 6.45) is 0. The summed E-state index contributed by atoms with van der Waals surface area (Å²) in [7, 11) is 0. The van der Waals surface area contributed by atoms with Crippen molar-refractivity contribution in [2.45, 2.75) is 13.8 Å². The Morgan fingerprint density at radius 1 is 1.16 bits per heavy atom. The molecule has 0 aliphatic carbocycles. The van der Waals surface area contributed by atoms with Crippen LogP contribution in [0.3, 0.4) is 0 Å². The molecule has 0 aliphatic heterocycles. The van der Waals surface area contributed by atoms with Gasteiger partial charge in [-0.25, -0.2) is 4.39 Å². The molecule has 0 unspecified atom stereocenters. The molecule has 2 rings (SSSR count). The molecular formula is C15H13BrFNO. The highest BCUT2D eigenvalue weighted by molar-refractivity contribution is 9.10. The number of carbonyl (C=O) groups excluding carboxylic acids is 1. The van der Waals surface area contributed by atoms with Crippen LogP contribution in [0.1, 0.15) is 21.5 Å². The van der Waals surface area contributed by atoms with E-state index in [1.807, 2.05) is 32.0 Å². The number of amides is 1. The zero-order valence-corrected chi connectivity index (χ0v) is 12.2. The molecule has 4 heteroatoms. The fraction of sp³-hybridized carbons (Fsp3) is 0.133. The topological polar surface area (TPSA) is 29.1 Å². The van der Waals surface area contributed by atoms with Crippen LogP contribution >= 0.6 is 15.9 Å². The Labute approximate surface area is 119 Å². The summed E-state index contributed by atoms with van der Waals surface area (Å²) in [5.41, 5.74) is 3.20. The molecule has 0 saturated heterocycles. The van der Waals surface area contributed by atoms with Crippen molar-refractivity contribution in [3.63, 3.8) is 0 Å². The molecule has 0 spiro atoms. The standard InChI is InChI=1S/C15H13BrFNO/c1-9-4-3-5-10(2)14(9)18-15(19)11-6-7-13(17)12(16)8-11/h3-8H,1-2H3,(H,18,19). The highest BCUT2D eigenvalue weighted by Gasteiger charge is 2.11. The Hall–Kier alpha value is -1.68.